The molecule has 0 saturated heterocycles. The van der Waals surface area contributed by atoms with Crippen molar-refractivity contribution in [3.8, 4) is 11.5 Å². The Morgan fingerprint density at radius 2 is 1.94 bits per heavy atom. The lowest BCUT2D eigenvalue weighted by atomic mass is 10.2. The molecule has 0 bridgehead atoms. The molecule has 0 aliphatic carbocycles. The molecule has 88 valence electrons. The van der Waals surface area contributed by atoms with Crippen LogP contribution < -0.4 is 0 Å². The van der Waals surface area contributed by atoms with E-state index < -0.39 is 0 Å². The lowest BCUT2D eigenvalue weighted by Crippen LogP contribution is -1.81. The summed E-state index contributed by atoms with van der Waals surface area (Å²) in [6.45, 7) is 0. The maximum absolute atomic E-state index is 10.9. The van der Waals surface area contributed by atoms with Gasteiger partial charge in [0.1, 0.15) is 5.52 Å². The average molecular weight is 302 g/mol. The van der Waals surface area contributed by atoms with Crippen molar-refractivity contribution in [2.75, 3.05) is 0 Å². The number of halogens is 1. The van der Waals surface area contributed by atoms with E-state index in [0.29, 0.717) is 27.0 Å². The van der Waals surface area contributed by atoms with Gasteiger partial charge in [0.25, 0.3) is 0 Å². The van der Waals surface area contributed by atoms with Crippen molar-refractivity contribution in [3.05, 3.63) is 52.5 Å². The van der Waals surface area contributed by atoms with E-state index in [9.17, 15) is 4.79 Å². The highest BCUT2D eigenvalue weighted by Gasteiger charge is 2.10. The molecule has 3 rings (SSSR count). The molecule has 2 aromatic carbocycles. The number of hydrogen-bond acceptors (Lipinski definition) is 3. The first-order valence-electron chi connectivity index (χ1n) is 5.38. The van der Waals surface area contributed by atoms with Gasteiger partial charge in [-0.05, 0) is 40.2 Å². The van der Waals surface area contributed by atoms with Gasteiger partial charge < -0.3 is 4.42 Å². The minimum atomic E-state index is 0.556. The fraction of sp³-hybridized carbons (Fsp3) is 0. The molecule has 4 heteroatoms. The van der Waals surface area contributed by atoms with E-state index in [4.69, 9.17) is 4.42 Å². The zero-order valence-electron chi connectivity index (χ0n) is 9.26. The van der Waals surface area contributed by atoms with Gasteiger partial charge in [-0.25, -0.2) is 4.98 Å². The highest BCUT2D eigenvalue weighted by Crippen LogP contribution is 2.28. The van der Waals surface area contributed by atoms with Crippen LogP contribution >= 0.6 is 15.9 Å². The van der Waals surface area contributed by atoms with Crippen LogP contribution in [0, 0.1) is 0 Å². The van der Waals surface area contributed by atoms with Gasteiger partial charge in [0.15, 0.2) is 11.9 Å². The largest absolute Gasteiger partial charge is 0.436 e. The minimum absolute atomic E-state index is 0.556. The van der Waals surface area contributed by atoms with Crippen molar-refractivity contribution in [1.29, 1.82) is 0 Å². The van der Waals surface area contributed by atoms with E-state index >= 15 is 0 Å². The van der Waals surface area contributed by atoms with Crippen molar-refractivity contribution < 1.29 is 9.21 Å². The third-order valence-electron chi connectivity index (χ3n) is 2.65. The summed E-state index contributed by atoms with van der Waals surface area (Å²) < 4.78 is 6.39. The van der Waals surface area contributed by atoms with Gasteiger partial charge in [-0.15, -0.1) is 0 Å². The summed E-state index contributed by atoms with van der Waals surface area (Å²) in [6, 6.07) is 13.1. The maximum Gasteiger partial charge on any atom is 0.227 e. The predicted molar refractivity (Wildman–Crippen MR) is 72.5 cm³/mol. The first-order valence-corrected chi connectivity index (χ1v) is 6.18. The molecule has 0 aliphatic rings. The van der Waals surface area contributed by atoms with Crippen molar-refractivity contribution in [1.82, 2.24) is 4.98 Å². The van der Waals surface area contributed by atoms with Crippen LogP contribution in [0.25, 0.3) is 22.6 Å². The molecule has 0 radical (unpaired) electrons. The third kappa shape index (κ3) is 1.84. The van der Waals surface area contributed by atoms with Crippen molar-refractivity contribution in [2.45, 2.75) is 0 Å². The van der Waals surface area contributed by atoms with Crippen LogP contribution in [0.2, 0.25) is 0 Å². The highest BCUT2D eigenvalue weighted by molar-refractivity contribution is 9.10. The number of hydrogen-bond donors (Lipinski definition) is 0. The van der Waals surface area contributed by atoms with Gasteiger partial charge in [-0.1, -0.05) is 18.2 Å². The molecule has 0 unspecified atom stereocenters. The topological polar surface area (TPSA) is 43.1 Å². The molecule has 18 heavy (non-hydrogen) atoms. The summed E-state index contributed by atoms with van der Waals surface area (Å²) in [6.07, 6.45) is 0.792. The molecule has 0 spiro atoms. The number of aldehydes is 1. The second-order valence-corrected chi connectivity index (χ2v) is 4.70. The fourth-order valence-corrected chi connectivity index (χ4v) is 2.18. The van der Waals surface area contributed by atoms with Gasteiger partial charge in [0.05, 0.1) is 0 Å². The van der Waals surface area contributed by atoms with Crippen LogP contribution in [-0.2, 0) is 0 Å². The summed E-state index contributed by atoms with van der Waals surface area (Å²) >= 11 is 3.32. The van der Waals surface area contributed by atoms with E-state index in [-0.39, 0.29) is 0 Å². The van der Waals surface area contributed by atoms with Crippen LogP contribution in [0.1, 0.15) is 10.4 Å². The lowest BCUT2D eigenvalue weighted by molar-refractivity contribution is 0.112. The Kier molecular flexibility index (Phi) is 2.72. The Bertz CT molecular complexity index is 719. The van der Waals surface area contributed by atoms with Crippen molar-refractivity contribution >= 4 is 33.3 Å². The predicted octanol–water partition coefficient (Wildman–Crippen LogP) is 4.07. The number of benzene rings is 2. The van der Waals surface area contributed by atoms with Crippen molar-refractivity contribution in [2.24, 2.45) is 0 Å². The monoisotopic (exact) mass is 301 g/mol. The number of rotatable bonds is 2. The Hall–Kier alpha value is -1.94. The second kappa shape index (κ2) is 4.38. The van der Waals surface area contributed by atoms with Crippen LogP contribution in [0.5, 0.6) is 0 Å². The summed E-state index contributed by atoms with van der Waals surface area (Å²) in [7, 11) is 0. The average Bonchev–Trinajstić information content (AvgIpc) is 2.81. The number of fused-ring (bicyclic) bond motifs is 1. The van der Waals surface area contributed by atoms with E-state index in [1.54, 1.807) is 12.1 Å². The first-order chi connectivity index (χ1) is 8.78. The van der Waals surface area contributed by atoms with Gasteiger partial charge in [-0.3, -0.25) is 4.79 Å². The summed E-state index contributed by atoms with van der Waals surface area (Å²) in [5, 5.41) is 0. The van der Waals surface area contributed by atoms with E-state index in [0.717, 1.165) is 11.8 Å². The minimum Gasteiger partial charge on any atom is -0.436 e. The molecule has 0 saturated carbocycles. The van der Waals surface area contributed by atoms with Gasteiger partial charge in [0, 0.05) is 15.6 Å². The van der Waals surface area contributed by atoms with Crippen LogP contribution in [0.4, 0.5) is 0 Å². The smallest absolute Gasteiger partial charge is 0.227 e. The quantitative estimate of drug-likeness (QED) is 0.670. The molecule has 0 amide bonds. The Labute approximate surface area is 112 Å². The standard InChI is InChI=1S/C14H8BrNO2/c15-11-7-13-12(6-10(11)8-17)16-14(18-13)9-4-2-1-3-5-9/h1-8H. The van der Waals surface area contributed by atoms with Crippen molar-refractivity contribution in [3.63, 3.8) is 0 Å². The number of aromatic nitrogens is 1. The normalized spacial score (nSPS) is 10.7. The van der Waals surface area contributed by atoms with E-state index in [1.165, 1.54) is 0 Å². The Balaban J connectivity index is 2.20. The third-order valence-corrected chi connectivity index (χ3v) is 3.34. The molecule has 0 fully saturated rings. The SMILES string of the molecule is O=Cc1cc2nc(-c3ccccc3)oc2cc1Br. The molecule has 1 heterocycles. The maximum atomic E-state index is 10.9. The molecular formula is C14H8BrNO2. The fourth-order valence-electron chi connectivity index (χ4n) is 1.76. The molecule has 3 aromatic rings. The van der Waals surface area contributed by atoms with Crippen LogP contribution in [0.3, 0.4) is 0 Å². The van der Waals surface area contributed by atoms with Crippen LogP contribution in [0.15, 0.2) is 51.4 Å². The summed E-state index contributed by atoms with van der Waals surface area (Å²) in [5.41, 5.74) is 2.82. The summed E-state index contributed by atoms with van der Waals surface area (Å²) in [5.74, 6) is 0.556. The number of oxazole rings is 1. The zero-order valence-corrected chi connectivity index (χ0v) is 10.8. The number of carbonyl (C=O) groups is 1. The van der Waals surface area contributed by atoms with E-state index in [2.05, 4.69) is 20.9 Å². The molecule has 3 nitrogen and oxygen atoms in total. The number of carbonyl (C=O) groups excluding carboxylic acids is 1. The van der Waals surface area contributed by atoms with Gasteiger partial charge in [-0.2, -0.15) is 0 Å². The first kappa shape index (κ1) is 11.2. The molecule has 0 atom stereocenters. The lowest BCUT2D eigenvalue weighted by Gasteiger charge is -1.93. The van der Waals surface area contributed by atoms with Gasteiger partial charge in [0.2, 0.25) is 5.89 Å². The van der Waals surface area contributed by atoms with Crippen LogP contribution in [-0.4, -0.2) is 11.3 Å². The van der Waals surface area contributed by atoms with Gasteiger partial charge >= 0.3 is 0 Å². The number of nitrogens with zero attached hydrogens (tertiary/aromatic N) is 1. The molecule has 1 aromatic heterocycles. The molecular weight excluding hydrogens is 294 g/mol. The Morgan fingerprint density at radius 1 is 1.17 bits per heavy atom. The Morgan fingerprint density at radius 3 is 2.67 bits per heavy atom. The summed E-state index contributed by atoms with van der Waals surface area (Å²) in [4.78, 5) is 15.2. The second-order valence-electron chi connectivity index (χ2n) is 3.84. The molecule has 0 N–H and O–H groups in total. The molecule has 0 aliphatic heterocycles. The zero-order chi connectivity index (χ0) is 12.5. The highest BCUT2D eigenvalue weighted by atomic mass is 79.9. The van der Waals surface area contributed by atoms with E-state index in [1.807, 2.05) is 30.3 Å².